The summed E-state index contributed by atoms with van der Waals surface area (Å²) in [5, 5.41) is 20.1. The number of aliphatic hydroxyl groups excluding tert-OH is 1. The number of hydrogen-bond acceptors (Lipinski definition) is 2. The molecule has 0 aliphatic heterocycles. The second-order valence-corrected chi connectivity index (χ2v) is 7.14. The zero-order valence-corrected chi connectivity index (χ0v) is 14.8. The molecule has 2 nitrogen and oxygen atoms in total. The van der Waals surface area contributed by atoms with Gasteiger partial charge in [-0.25, -0.2) is 0 Å². The predicted molar refractivity (Wildman–Crippen MR) is 92.3 cm³/mol. The Bertz CT molecular complexity index is 517. The van der Waals surface area contributed by atoms with Gasteiger partial charge in [0, 0.05) is 28.4 Å². The number of aliphatic hydroxyl groups is 2. The molecule has 21 heavy (non-hydrogen) atoms. The first-order valence-electron chi connectivity index (χ1n) is 6.83. The monoisotopic (exact) mass is 412 g/mol. The summed E-state index contributed by atoms with van der Waals surface area (Å²) in [5.41, 5.74) is 1.19. The van der Waals surface area contributed by atoms with E-state index in [0.717, 1.165) is 20.1 Å². The summed E-state index contributed by atoms with van der Waals surface area (Å²) in [5.74, 6) is 0. The zero-order chi connectivity index (χ0) is 15.3. The molecule has 2 aromatic carbocycles. The number of halogens is 2. The maximum atomic E-state index is 10.9. The molecule has 0 atom stereocenters. The molecule has 0 saturated carbocycles. The van der Waals surface area contributed by atoms with Crippen molar-refractivity contribution >= 4 is 31.9 Å². The van der Waals surface area contributed by atoms with Crippen LogP contribution >= 0.6 is 31.9 Å². The lowest BCUT2D eigenvalue weighted by Crippen LogP contribution is -2.35. The Morgan fingerprint density at radius 3 is 1.48 bits per heavy atom. The Hall–Kier alpha value is -0.680. The smallest absolute Gasteiger partial charge is 0.0749 e. The average Bonchev–Trinajstić information content (AvgIpc) is 2.44. The molecule has 2 N–H and O–H groups in total. The van der Waals surface area contributed by atoms with Crippen LogP contribution in [0.3, 0.4) is 0 Å². The van der Waals surface area contributed by atoms with Crippen LogP contribution in [-0.2, 0) is 12.8 Å². The van der Waals surface area contributed by atoms with Gasteiger partial charge < -0.3 is 10.2 Å². The standard InChI is InChI=1S/C17H18Br2O2/c18-15-5-1-13(2-6-15)11-17(21,9-10-20)12-14-3-7-16(19)8-4-14/h1-8,20-21H,9-12H2. The molecule has 0 aliphatic carbocycles. The van der Waals surface area contributed by atoms with Gasteiger partial charge in [0.05, 0.1) is 5.60 Å². The summed E-state index contributed by atoms with van der Waals surface area (Å²) in [6, 6.07) is 15.8. The van der Waals surface area contributed by atoms with Crippen LogP contribution in [0, 0.1) is 0 Å². The summed E-state index contributed by atoms with van der Waals surface area (Å²) >= 11 is 6.82. The quantitative estimate of drug-likeness (QED) is 0.747. The van der Waals surface area contributed by atoms with Crippen molar-refractivity contribution in [3.63, 3.8) is 0 Å². The summed E-state index contributed by atoms with van der Waals surface area (Å²) in [4.78, 5) is 0. The normalized spacial score (nSPS) is 11.6. The molecule has 0 aromatic heterocycles. The topological polar surface area (TPSA) is 40.5 Å². The fourth-order valence-electron chi connectivity index (χ4n) is 2.41. The summed E-state index contributed by atoms with van der Waals surface area (Å²) in [6.07, 6.45) is 1.41. The van der Waals surface area contributed by atoms with Crippen molar-refractivity contribution in [1.82, 2.24) is 0 Å². The number of hydrogen-bond donors (Lipinski definition) is 2. The fraction of sp³-hybridized carbons (Fsp3) is 0.294. The van der Waals surface area contributed by atoms with Gasteiger partial charge in [0.25, 0.3) is 0 Å². The van der Waals surface area contributed by atoms with E-state index in [0.29, 0.717) is 19.3 Å². The van der Waals surface area contributed by atoms with Gasteiger partial charge >= 0.3 is 0 Å². The van der Waals surface area contributed by atoms with Crippen LogP contribution in [0.15, 0.2) is 57.5 Å². The molecule has 0 aliphatic rings. The first-order valence-corrected chi connectivity index (χ1v) is 8.41. The molecule has 0 saturated heterocycles. The Labute approximate surface area is 142 Å². The van der Waals surface area contributed by atoms with E-state index >= 15 is 0 Å². The average molecular weight is 414 g/mol. The first-order chi connectivity index (χ1) is 10.0. The summed E-state index contributed by atoms with van der Waals surface area (Å²) < 4.78 is 2.04. The van der Waals surface area contributed by atoms with Crippen LogP contribution in [0.4, 0.5) is 0 Å². The number of benzene rings is 2. The van der Waals surface area contributed by atoms with Crippen molar-refractivity contribution in [2.24, 2.45) is 0 Å². The minimum atomic E-state index is -0.934. The van der Waals surface area contributed by atoms with E-state index < -0.39 is 5.60 Å². The van der Waals surface area contributed by atoms with E-state index in [2.05, 4.69) is 31.9 Å². The minimum Gasteiger partial charge on any atom is -0.396 e. The highest BCUT2D eigenvalue weighted by molar-refractivity contribution is 9.10. The largest absolute Gasteiger partial charge is 0.396 e. The molecular weight excluding hydrogens is 396 g/mol. The van der Waals surface area contributed by atoms with Crippen molar-refractivity contribution in [3.05, 3.63) is 68.6 Å². The molecule has 4 heteroatoms. The lowest BCUT2D eigenvalue weighted by atomic mass is 9.85. The molecule has 0 spiro atoms. The Balaban J connectivity index is 2.14. The van der Waals surface area contributed by atoms with E-state index in [1.807, 2.05) is 48.5 Å². The van der Waals surface area contributed by atoms with Crippen LogP contribution in [0.1, 0.15) is 17.5 Å². The van der Waals surface area contributed by atoms with Gasteiger partial charge in [-0.05, 0) is 41.8 Å². The van der Waals surface area contributed by atoms with Crippen LogP contribution in [-0.4, -0.2) is 22.4 Å². The predicted octanol–water partition coefficient (Wildman–Crippen LogP) is 4.11. The molecule has 0 bridgehead atoms. The Morgan fingerprint density at radius 2 is 1.14 bits per heavy atom. The highest BCUT2D eigenvalue weighted by atomic mass is 79.9. The molecular formula is C17H18Br2O2. The van der Waals surface area contributed by atoms with Crippen LogP contribution in [0.2, 0.25) is 0 Å². The maximum absolute atomic E-state index is 10.9. The van der Waals surface area contributed by atoms with Gasteiger partial charge in [0.15, 0.2) is 0 Å². The van der Waals surface area contributed by atoms with Crippen LogP contribution in [0.25, 0.3) is 0 Å². The van der Waals surface area contributed by atoms with Crippen LogP contribution in [0.5, 0.6) is 0 Å². The lowest BCUT2D eigenvalue weighted by molar-refractivity contribution is 0.0163. The highest BCUT2D eigenvalue weighted by Gasteiger charge is 2.27. The Kier molecular flexibility index (Phi) is 5.99. The minimum absolute atomic E-state index is 0.0242. The molecule has 112 valence electrons. The van der Waals surface area contributed by atoms with Crippen molar-refractivity contribution in [1.29, 1.82) is 0 Å². The Morgan fingerprint density at radius 1 is 0.762 bits per heavy atom. The second kappa shape index (κ2) is 7.54. The van der Waals surface area contributed by atoms with E-state index in [9.17, 15) is 10.2 Å². The van der Waals surface area contributed by atoms with Crippen molar-refractivity contribution in [3.8, 4) is 0 Å². The summed E-state index contributed by atoms with van der Waals surface area (Å²) in [7, 11) is 0. The van der Waals surface area contributed by atoms with Gasteiger partial charge in [0.1, 0.15) is 0 Å². The fourth-order valence-corrected chi connectivity index (χ4v) is 2.94. The van der Waals surface area contributed by atoms with Gasteiger partial charge in [-0.2, -0.15) is 0 Å². The zero-order valence-electron chi connectivity index (χ0n) is 11.6. The lowest BCUT2D eigenvalue weighted by Gasteiger charge is -2.28. The van der Waals surface area contributed by atoms with E-state index in [4.69, 9.17) is 0 Å². The van der Waals surface area contributed by atoms with Crippen molar-refractivity contribution in [2.75, 3.05) is 6.61 Å². The van der Waals surface area contributed by atoms with Gasteiger partial charge in [-0.15, -0.1) is 0 Å². The third-order valence-corrected chi connectivity index (χ3v) is 4.53. The summed E-state index contributed by atoms with van der Waals surface area (Å²) in [6.45, 7) is -0.0242. The number of rotatable bonds is 6. The third kappa shape index (κ3) is 5.22. The van der Waals surface area contributed by atoms with Crippen LogP contribution < -0.4 is 0 Å². The van der Waals surface area contributed by atoms with E-state index in [1.54, 1.807) is 0 Å². The second-order valence-electron chi connectivity index (χ2n) is 5.30. The third-order valence-electron chi connectivity index (χ3n) is 3.47. The van der Waals surface area contributed by atoms with Gasteiger partial charge in [-0.1, -0.05) is 56.1 Å². The molecule has 0 unspecified atom stereocenters. The van der Waals surface area contributed by atoms with E-state index in [-0.39, 0.29) is 6.61 Å². The van der Waals surface area contributed by atoms with Crippen molar-refractivity contribution in [2.45, 2.75) is 24.9 Å². The van der Waals surface area contributed by atoms with Gasteiger partial charge in [-0.3, -0.25) is 0 Å². The molecule has 0 fully saturated rings. The molecule has 2 aromatic rings. The maximum Gasteiger partial charge on any atom is 0.0749 e. The van der Waals surface area contributed by atoms with Gasteiger partial charge in [0.2, 0.25) is 0 Å². The molecule has 2 rings (SSSR count). The first kappa shape index (κ1) is 16.7. The molecule has 0 heterocycles. The molecule has 0 amide bonds. The SMILES string of the molecule is OCCC(O)(Cc1ccc(Br)cc1)Cc1ccc(Br)cc1. The highest BCUT2D eigenvalue weighted by Crippen LogP contribution is 2.24. The molecule has 0 radical (unpaired) electrons. The van der Waals surface area contributed by atoms with E-state index in [1.165, 1.54) is 0 Å². The van der Waals surface area contributed by atoms with Crippen molar-refractivity contribution < 1.29 is 10.2 Å².